The summed E-state index contributed by atoms with van der Waals surface area (Å²) in [6.45, 7) is 0.912. The predicted octanol–water partition coefficient (Wildman–Crippen LogP) is 5.81. The van der Waals surface area contributed by atoms with Gasteiger partial charge in [-0.05, 0) is 54.7 Å². The van der Waals surface area contributed by atoms with Crippen molar-refractivity contribution in [2.24, 2.45) is 11.8 Å². The number of methoxy groups -OCH3 is 2. The molecule has 0 atom stereocenters. The average Bonchev–Trinajstić information content (AvgIpc) is 2.90. The van der Waals surface area contributed by atoms with E-state index in [1.165, 1.54) is 0 Å². The monoisotopic (exact) mass is 446 g/mol. The molecule has 1 fully saturated rings. The van der Waals surface area contributed by atoms with Crippen LogP contribution in [0.4, 0.5) is 0 Å². The third kappa shape index (κ3) is 4.78. The van der Waals surface area contributed by atoms with Gasteiger partial charge < -0.3 is 19.3 Å². The van der Waals surface area contributed by atoms with Gasteiger partial charge in [-0.15, -0.1) is 0 Å². The Bertz CT molecular complexity index is 955. The Balaban J connectivity index is 1.84. The first-order valence-electron chi connectivity index (χ1n) is 11.8. The van der Waals surface area contributed by atoms with Gasteiger partial charge in [-0.2, -0.15) is 0 Å². The fourth-order valence-corrected chi connectivity index (χ4v) is 5.06. The topological polar surface area (TPSA) is 47.9 Å². The molecule has 1 saturated carbocycles. The smallest absolute Gasteiger partial charge is 0.167 e. The van der Waals surface area contributed by atoms with E-state index in [4.69, 9.17) is 14.2 Å². The van der Waals surface area contributed by atoms with Crippen LogP contribution < -0.4 is 9.47 Å². The van der Waals surface area contributed by atoms with Gasteiger partial charge in [-0.25, -0.2) is 0 Å². The fourth-order valence-electron chi connectivity index (χ4n) is 5.06. The Kier molecular flexibility index (Phi) is 7.69. The van der Waals surface area contributed by atoms with E-state index in [0.29, 0.717) is 29.9 Å². The van der Waals surface area contributed by atoms with Crippen molar-refractivity contribution in [3.05, 3.63) is 95.6 Å². The summed E-state index contributed by atoms with van der Waals surface area (Å²) in [6.07, 6.45) is 4.24. The number of rotatable bonds is 9. The van der Waals surface area contributed by atoms with Crippen LogP contribution in [0.2, 0.25) is 0 Å². The zero-order valence-electron chi connectivity index (χ0n) is 19.6. The van der Waals surface area contributed by atoms with Crippen LogP contribution in [0, 0.1) is 11.8 Å². The van der Waals surface area contributed by atoms with Crippen LogP contribution in [0.25, 0.3) is 0 Å². The largest absolute Gasteiger partial charge is 0.493 e. The van der Waals surface area contributed by atoms with Crippen LogP contribution >= 0.6 is 0 Å². The molecule has 4 nitrogen and oxygen atoms in total. The molecule has 0 amide bonds. The second-order valence-electron chi connectivity index (χ2n) is 8.83. The Morgan fingerprint density at radius 3 is 1.82 bits per heavy atom. The molecule has 0 aliphatic heterocycles. The summed E-state index contributed by atoms with van der Waals surface area (Å²) in [4.78, 5) is 0. The Hall–Kier alpha value is -2.82. The molecule has 0 saturated heterocycles. The van der Waals surface area contributed by atoms with E-state index < -0.39 is 5.60 Å². The Labute approximate surface area is 197 Å². The normalized spacial score (nSPS) is 18.6. The second kappa shape index (κ2) is 10.9. The Morgan fingerprint density at radius 1 is 0.727 bits per heavy atom. The lowest BCUT2D eigenvalue weighted by Crippen LogP contribution is -2.36. The van der Waals surface area contributed by atoms with Crippen LogP contribution in [-0.4, -0.2) is 32.5 Å². The third-order valence-corrected chi connectivity index (χ3v) is 6.90. The second-order valence-corrected chi connectivity index (χ2v) is 8.83. The molecule has 0 spiro atoms. The molecule has 0 heterocycles. The summed E-state index contributed by atoms with van der Waals surface area (Å²) in [7, 11) is 3.34. The maximum absolute atomic E-state index is 9.53. The molecule has 174 valence electrons. The summed E-state index contributed by atoms with van der Waals surface area (Å²) < 4.78 is 18.6. The van der Waals surface area contributed by atoms with Gasteiger partial charge in [0.15, 0.2) is 11.5 Å². The molecular weight excluding hydrogens is 412 g/mol. The minimum Gasteiger partial charge on any atom is -0.493 e. The number of ether oxygens (including phenoxy) is 3. The highest BCUT2D eigenvalue weighted by atomic mass is 16.5. The van der Waals surface area contributed by atoms with Crippen LogP contribution in [0.1, 0.15) is 42.4 Å². The number of hydrogen-bond acceptors (Lipinski definition) is 4. The highest BCUT2D eigenvalue weighted by molar-refractivity contribution is 5.57. The van der Waals surface area contributed by atoms with Crippen molar-refractivity contribution in [2.75, 3.05) is 27.4 Å². The fraction of sp³-hybridized carbons (Fsp3) is 0.379. The van der Waals surface area contributed by atoms with E-state index in [-0.39, 0.29) is 6.61 Å². The van der Waals surface area contributed by atoms with Crippen LogP contribution in [0.3, 0.4) is 0 Å². The first-order valence-corrected chi connectivity index (χ1v) is 11.8. The first-order chi connectivity index (χ1) is 16.2. The number of aliphatic hydroxyl groups excluding tert-OH is 1. The predicted molar refractivity (Wildman–Crippen MR) is 131 cm³/mol. The molecule has 1 N–H and O–H groups in total. The highest BCUT2D eigenvalue weighted by Crippen LogP contribution is 2.48. The summed E-state index contributed by atoms with van der Waals surface area (Å²) in [5.74, 6) is 2.24. The van der Waals surface area contributed by atoms with E-state index >= 15 is 0 Å². The van der Waals surface area contributed by atoms with Gasteiger partial charge >= 0.3 is 0 Å². The van der Waals surface area contributed by atoms with Gasteiger partial charge in [0.25, 0.3) is 0 Å². The van der Waals surface area contributed by atoms with E-state index in [0.717, 1.165) is 42.4 Å². The van der Waals surface area contributed by atoms with E-state index in [1.807, 2.05) is 24.3 Å². The molecule has 4 heteroatoms. The molecule has 0 bridgehead atoms. The first kappa shape index (κ1) is 23.3. The van der Waals surface area contributed by atoms with Crippen molar-refractivity contribution >= 4 is 0 Å². The van der Waals surface area contributed by atoms with Crippen molar-refractivity contribution in [1.82, 2.24) is 0 Å². The van der Waals surface area contributed by atoms with Gasteiger partial charge in [-0.3, -0.25) is 0 Å². The van der Waals surface area contributed by atoms with Gasteiger partial charge in [0.2, 0.25) is 0 Å². The van der Waals surface area contributed by atoms with Gasteiger partial charge in [0, 0.05) is 12.2 Å². The molecule has 1 aliphatic carbocycles. The maximum atomic E-state index is 9.53. The minimum absolute atomic E-state index is 0.284. The van der Waals surface area contributed by atoms with Crippen molar-refractivity contribution in [1.29, 1.82) is 0 Å². The lowest BCUT2D eigenvalue weighted by atomic mass is 9.78. The highest BCUT2D eigenvalue weighted by Gasteiger charge is 2.41. The van der Waals surface area contributed by atoms with Gasteiger partial charge in [0.1, 0.15) is 5.60 Å². The molecule has 3 aromatic rings. The number of benzene rings is 3. The zero-order valence-corrected chi connectivity index (χ0v) is 19.6. The molecule has 0 radical (unpaired) electrons. The molecule has 33 heavy (non-hydrogen) atoms. The number of hydrogen-bond donors (Lipinski definition) is 1. The third-order valence-electron chi connectivity index (χ3n) is 6.90. The zero-order chi connectivity index (χ0) is 23.1. The van der Waals surface area contributed by atoms with Crippen LogP contribution in [0.15, 0.2) is 78.9 Å². The average molecular weight is 447 g/mol. The summed E-state index contributed by atoms with van der Waals surface area (Å²) in [5, 5.41) is 9.53. The SMILES string of the molecule is COc1cccc(C(OCC2CCC(CO)CC2)(c2ccccc2)c2ccccc2)c1OC. The molecule has 0 aromatic heterocycles. The molecule has 1 aliphatic rings. The van der Waals surface area contributed by atoms with Crippen molar-refractivity contribution in [2.45, 2.75) is 31.3 Å². The van der Waals surface area contributed by atoms with Crippen molar-refractivity contribution in [3.8, 4) is 11.5 Å². The molecular formula is C29H34O4. The molecule has 0 unspecified atom stereocenters. The lowest BCUT2D eigenvalue weighted by Gasteiger charge is -2.39. The van der Waals surface area contributed by atoms with Crippen molar-refractivity contribution < 1.29 is 19.3 Å². The van der Waals surface area contributed by atoms with Crippen LogP contribution in [-0.2, 0) is 10.3 Å². The molecule has 4 rings (SSSR count). The maximum Gasteiger partial charge on any atom is 0.167 e. The van der Waals surface area contributed by atoms with E-state index in [9.17, 15) is 5.11 Å². The summed E-state index contributed by atoms with van der Waals surface area (Å²) in [6, 6.07) is 26.7. The Morgan fingerprint density at radius 2 is 1.30 bits per heavy atom. The summed E-state index contributed by atoms with van der Waals surface area (Å²) in [5.41, 5.74) is 2.17. The van der Waals surface area contributed by atoms with Gasteiger partial charge in [0.05, 0.1) is 20.8 Å². The lowest BCUT2D eigenvalue weighted by molar-refractivity contribution is -0.0203. The number of para-hydroxylation sites is 1. The van der Waals surface area contributed by atoms with E-state index in [1.54, 1.807) is 14.2 Å². The van der Waals surface area contributed by atoms with E-state index in [2.05, 4.69) is 54.6 Å². The minimum atomic E-state index is -0.851. The van der Waals surface area contributed by atoms with Crippen LogP contribution in [0.5, 0.6) is 11.5 Å². The number of aliphatic hydroxyl groups is 1. The summed E-state index contributed by atoms with van der Waals surface area (Å²) >= 11 is 0. The molecule has 3 aromatic carbocycles. The van der Waals surface area contributed by atoms with Crippen molar-refractivity contribution in [3.63, 3.8) is 0 Å². The van der Waals surface area contributed by atoms with Gasteiger partial charge in [-0.1, -0.05) is 72.8 Å². The standard InChI is InChI=1S/C29H34O4/c1-31-27-15-9-14-26(28(27)32-2)29(24-10-5-3-6-11-24,25-12-7-4-8-13-25)33-21-23-18-16-22(20-30)17-19-23/h3-15,22-23,30H,16-21H2,1-2H3. The quantitative estimate of drug-likeness (QED) is 0.421.